The molecule has 0 fully saturated rings. The second-order valence-corrected chi connectivity index (χ2v) is 5.18. The van der Waals surface area contributed by atoms with Crippen LogP contribution in [0.3, 0.4) is 0 Å². The van der Waals surface area contributed by atoms with Crippen molar-refractivity contribution in [3.63, 3.8) is 0 Å². The van der Waals surface area contributed by atoms with Crippen molar-refractivity contribution < 1.29 is 9.53 Å². The molecule has 1 heterocycles. The minimum absolute atomic E-state index is 0.0566. The molecule has 4 nitrogen and oxygen atoms in total. The highest BCUT2D eigenvalue weighted by Gasteiger charge is 2.08. The average Bonchev–Trinajstić information content (AvgIpc) is 2.74. The number of hydrogen-bond acceptors (Lipinski definition) is 4. The van der Waals surface area contributed by atoms with Gasteiger partial charge in [0.15, 0.2) is 5.13 Å². The Morgan fingerprint density at radius 1 is 1.42 bits per heavy atom. The summed E-state index contributed by atoms with van der Waals surface area (Å²) in [4.78, 5) is 16.1. The van der Waals surface area contributed by atoms with Crippen LogP contribution in [-0.4, -0.2) is 18.0 Å². The van der Waals surface area contributed by atoms with Crippen molar-refractivity contribution in [2.24, 2.45) is 0 Å². The van der Waals surface area contributed by atoms with E-state index in [1.807, 2.05) is 37.4 Å². The summed E-state index contributed by atoms with van der Waals surface area (Å²) >= 11 is 1.43. The zero-order valence-electron chi connectivity index (χ0n) is 11.2. The highest BCUT2D eigenvalue weighted by atomic mass is 32.1. The minimum Gasteiger partial charge on any atom is -0.496 e. The van der Waals surface area contributed by atoms with E-state index in [9.17, 15) is 4.79 Å². The molecule has 0 bridgehead atoms. The number of rotatable bonds is 4. The van der Waals surface area contributed by atoms with Crippen LogP contribution in [0.1, 0.15) is 16.8 Å². The van der Waals surface area contributed by atoms with Crippen LogP contribution in [0.4, 0.5) is 5.13 Å². The fourth-order valence-electron chi connectivity index (χ4n) is 1.81. The number of methoxy groups -OCH3 is 1. The molecule has 2 aromatic rings. The van der Waals surface area contributed by atoms with Gasteiger partial charge in [0, 0.05) is 5.38 Å². The monoisotopic (exact) mass is 276 g/mol. The lowest BCUT2D eigenvalue weighted by Crippen LogP contribution is -2.14. The summed E-state index contributed by atoms with van der Waals surface area (Å²) in [5, 5.41) is 5.35. The van der Waals surface area contributed by atoms with Crippen molar-refractivity contribution in [2.75, 3.05) is 12.4 Å². The summed E-state index contributed by atoms with van der Waals surface area (Å²) in [5.41, 5.74) is 2.91. The first-order valence-electron chi connectivity index (χ1n) is 5.94. The number of carbonyl (C=O) groups excluding carboxylic acids is 1. The quantitative estimate of drug-likeness (QED) is 0.934. The summed E-state index contributed by atoms with van der Waals surface area (Å²) in [6.45, 7) is 3.86. The van der Waals surface area contributed by atoms with Crippen LogP contribution in [-0.2, 0) is 11.2 Å². The SMILES string of the molecule is COc1ccc(CC(=O)Nc2nc(C)cs2)cc1C. The van der Waals surface area contributed by atoms with E-state index < -0.39 is 0 Å². The molecule has 0 saturated carbocycles. The van der Waals surface area contributed by atoms with Crippen LogP contribution in [0.25, 0.3) is 0 Å². The molecule has 1 aromatic carbocycles. The molecule has 19 heavy (non-hydrogen) atoms. The van der Waals surface area contributed by atoms with Gasteiger partial charge in [0.2, 0.25) is 5.91 Å². The van der Waals surface area contributed by atoms with Gasteiger partial charge in [0.25, 0.3) is 0 Å². The third kappa shape index (κ3) is 3.54. The van der Waals surface area contributed by atoms with E-state index in [0.717, 1.165) is 22.6 Å². The number of aryl methyl sites for hydroxylation is 2. The second-order valence-electron chi connectivity index (χ2n) is 4.32. The molecule has 1 N–H and O–H groups in total. The fourth-order valence-corrected chi connectivity index (χ4v) is 2.52. The number of aromatic nitrogens is 1. The first-order valence-corrected chi connectivity index (χ1v) is 6.82. The number of ether oxygens (including phenoxy) is 1. The van der Waals surface area contributed by atoms with Crippen molar-refractivity contribution in [3.05, 3.63) is 40.4 Å². The summed E-state index contributed by atoms with van der Waals surface area (Å²) in [6, 6.07) is 5.75. The fraction of sp³-hybridized carbons (Fsp3) is 0.286. The Bertz CT molecular complexity index is 593. The van der Waals surface area contributed by atoms with E-state index in [0.29, 0.717) is 11.6 Å². The molecule has 1 amide bonds. The minimum atomic E-state index is -0.0566. The lowest BCUT2D eigenvalue weighted by Gasteiger charge is -2.07. The molecule has 100 valence electrons. The van der Waals surface area contributed by atoms with Gasteiger partial charge in [-0.1, -0.05) is 12.1 Å². The lowest BCUT2D eigenvalue weighted by atomic mass is 10.1. The van der Waals surface area contributed by atoms with Gasteiger partial charge in [0.1, 0.15) is 5.75 Å². The van der Waals surface area contributed by atoms with Crippen LogP contribution >= 0.6 is 11.3 Å². The number of carbonyl (C=O) groups is 1. The summed E-state index contributed by atoms with van der Waals surface area (Å²) < 4.78 is 5.19. The van der Waals surface area contributed by atoms with E-state index >= 15 is 0 Å². The van der Waals surface area contributed by atoms with Gasteiger partial charge in [-0.15, -0.1) is 11.3 Å². The Hall–Kier alpha value is -1.88. The van der Waals surface area contributed by atoms with Crippen LogP contribution in [0, 0.1) is 13.8 Å². The number of amides is 1. The van der Waals surface area contributed by atoms with Gasteiger partial charge in [-0.25, -0.2) is 4.98 Å². The van der Waals surface area contributed by atoms with E-state index in [1.54, 1.807) is 7.11 Å². The van der Waals surface area contributed by atoms with E-state index in [4.69, 9.17) is 4.74 Å². The van der Waals surface area contributed by atoms with Crippen LogP contribution in [0.15, 0.2) is 23.6 Å². The largest absolute Gasteiger partial charge is 0.496 e. The van der Waals surface area contributed by atoms with Crippen LogP contribution < -0.4 is 10.1 Å². The van der Waals surface area contributed by atoms with Gasteiger partial charge in [-0.2, -0.15) is 0 Å². The molecule has 0 spiro atoms. The lowest BCUT2D eigenvalue weighted by molar-refractivity contribution is -0.115. The molecule has 0 saturated heterocycles. The molecular formula is C14H16N2O2S. The molecule has 0 aliphatic carbocycles. The van der Waals surface area contributed by atoms with E-state index in [1.165, 1.54) is 11.3 Å². The van der Waals surface area contributed by atoms with Crippen molar-refractivity contribution in [1.82, 2.24) is 4.98 Å². The third-order valence-electron chi connectivity index (χ3n) is 2.69. The maximum Gasteiger partial charge on any atom is 0.230 e. The van der Waals surface area contributed by atoms with Gasteiger partial charge in [-0.05, 0) is 31.0 Å². The van der Waals surface area contributed by atoms with Gasteiger partial charge >= 0.3 is 0 Å². The number of anilines is 1. The molecule has 0 aliphatic rings. The molecule has 0 atom stereocenters. The number of thiazole rings is 1. The first kappa shape index (κ1) is 13.5. The van der Waals surface area contributed by atoms with E-state index in [-0.39, 0.29) is 5.91 Å². The molecular weight excluding hydrogens is 260 g/mol. The van der Waals surface area contributed by atoms with Gasteiger partial charge in [-0.3, -0.25) is 4.79 Å². The van der Waals surface area contributed by atoms with E-state index in [2.05, 4.69) is 10.3 Å². The Kier molecular flexibility index (Phi) is 4.16. The zero-order valence-corrected chi connectivity index (χ0v) is 12.0. The molecule has 0 radical (unpaired) electrons. The first-order chi connectivity index (χ1) is 9.08. The summed E-state index contributed by atoms with van der Waals surface area (Å²) in [5.74, 6) is 0.777. The standard InChI is InChI=1S/C14H16N2O2S/c1-9-6-11(4-5-12(9)18-3)7-13(17)16-14-15-10(2)8-19-14/h4-6,8H,7H2,1-3H3,(H,15,16,17). The predicted octanol–water partition coefficient (Wildman–Crippen LogP) is 2.95. The third-order valence-corrected chi connectivity index (χ3v) is 3.56. The molecule has 1 aromatic heterocycles. The molecule has 5 heteroatoms. The maximum absolute atomic E-state index is 11.9. The summed E-state index contributed by atoms with van der Waals surface area (Å²) in [6.07, 6.45) is 0.337. The highest BCUT2D eigenvalue weighted by molar-refractivity contribution is 7.13. The van der Waals surface area contributed by atoms with Crippen molar-refractivity contribution in [2.45, 2.75) is 20.3 Å². The molecule has 0 unspecified atom stereocenters. The Balaban J connectivity index is 2.00. The number of hydrogen-bond donors (Lipinski definition) is 1. The van der Waals surface area contributed by atoms with Gasteiger partial charge < -0.3 is 10.1 Å². The Labute approximate surface area is 116 Å². The van der Waals surface area contributed by atoms with Crippen LogP contribution in [0.5, 0.6) is 5.75 Å². The van der Waals surface area contributed by atoms with Crippen molar-refractivity contribution in [3.8, 4) is 5.75 Å². The zero-order chi connectivity index (χ0) is 13.8. The highest BCUT2D eigenvalue weighted by Crippen LogP contribution is 2.19. The summed E-state index contributed by atoms with van der Waals surface area (Å²) in [7, 11) is 1.64. The second kappa shape index (κ2) is 5.84. The number of benzene rings is 1. The topological polar surface area (TPSA) is 51.2 Å². The Morgan fingerprint density at radius 2 is 2.21 bits per heavy atom. The predicted molar refractivity (Wildman–Crippen MR) is 76.9 cm³/mol. The Morgan fingerprint density at radius 3 is 2.79 bits per heavy atom. The van der Waals surface area contributed by atoms with Gasteiger partial charge in [0.05, 0.1) is 19.2 Å². The number of nitrogens with one attached hydrogen (secondary N) is 1. The molecule has 0 aliphatic heterocycles. The smallest absolute Gasteiger partial charge is 0.230 e. The van der Waals surface area contributed by atoms with Crippen molar-refractivity contribution in [1.29, 1.82) is 0 Å². The average molecular weight is 276 g/mol. The normalized spacial score (nSPS) is 10.3. The van der Waals surface area contributed by atoms with Crippen LogP contribution in [0.2, 0.25) is 0 Å². The molecule has 2 rings (SSSR count). The van der Waals surface area contributed by atoms with Crippen molar-refractivity contribution >= 4 is 22.4 Å². The maximum atomic E-state index is 11.9. The number of nitrogens with zero attached hydrogens (tertiary/aromatic N) is 1.